The molecule has 2 heterocycles. The number of aromatic nitrogens is 1. The molecular formula is C17H23N3. The van der Waals surface area contributed by atoms with E-state index in [1.165, 1.54) is 35.6 Å². The molecular weight excluding hydrogens is 246 g/mol. The topological polar surface area (TPSA) is 42.1 Å². The summed E-state index contributed by atoms with van der Waals surface area (Å²) in [6.07, 6.45) is 7.75. The van der Waals surface area contributed by atoms with Crippen molar-refractivity contribution in [1.29, 1.82) is 0 Å². The standard InChI is InChI=1S/C17H23N3/c1-20-9-5-4-6-13(10-18)17(20)16-12-19-11-14-7-2-3-8-15(14)16/h2-3,7-8,11-13,17H,4-6,9-10,18H2,1H3. The first kappa shape index (κ1) is 13.5. The molecule has 2 atom stereocenters. The van der Waals surface area contributed by atoms with E-state index >= 15 is 0 Å². The Morgan fingerprint density at radius 3 is 2.95 bits per heavy atom. The smallest absolute Gasteiger partial charge is 0.0406 e. The molecule has 2 unspecified atom stereocenters. The van der Waals surface area contributed by atoms with Gasteiger partial charge in [-0.1, -0.05) is 30.7 Å². The minimum atomic E-state index is 0.390. The highest BCUT2D eigenvalue weighted by Gasteiger charge is 2.29. The first-order valence-corrected chi connectivity index (χ1v) is 7.54. The summed E-state index contributed by atoms with van der Waals surface area (Å²) in [5.74, 6) is 0.523. The predicted octanol–water partition coefficient (Wildman–Crippen LogP) is 2.97. The van der Waals surface area contributed by atoms with E-state index in [2.05, 4.69) is 41.2 Å². The van der Waals surface area contributed by atoms with Crippen LogP contribution in [0.15, 0.2) is 36.7 Å². The SMILES string of the molecule is CN1CCCCC(CN)C1c1cncc2ccccc12. The Balaban J connectivity index is 2.11. The van der Waals surface area contributed by atoms with E-state index in [0.717, 1.165) is 13.1 Å². The molecule has 0 radical (unpaired) electrons. The van der Waals surface area contributed by atoms with E-state index < -0.39 is 0 Å². The van der Waals surface area contributed by atoms with Crippen molar-refractivity contribution in [3.8, 4) is 0 Å². The summed E-state index contributed by atoms with van der Waals surface area (Å²) in [6.45, 7) is 1.89. The lowest BCUT2D eigenvalue weighted by Gasteiger charge is -2.32. The molecule has 1 aromatic carbocycles. The van der Waals surface area contributed by atoms with Gasteiger partial charge in [-0.2, -0.15) is 0 Å². The van der Waals surface area contributed by atoms with E-state index in [1.807, 2.05) is 12.4 Å². The molecule has 106 valence electrons. The highest BCUT2D eigenvalue weighted by molar-refractivity contribution is 5.85. The Morgan fingerprint density at radius 1 is 1.25 bits per heavy atom. The molecule has 0 bridgehead atoms. The largest absolute Gasteiger partial charge is 0.330 e. The first-order chi connectivity index (χ1) is 9.81. The summed E-state index contributed by atoms with van der Waals surface area (Å²) in [5, 5.41) is 2.54. The van der Waals surface area contributed by atoms with Crippen LogP contribution in [-0.4, -0.2) is 30.0 Å². The van der Waals surface area contributed by atoms with Crippen molar-refractivity contribution >= 4 is 10.8 Å². The van der Waals surface area contributed by atoms with Gasteiger partial charge in [0.05, 0.1) is 0 Å². The molecule has 2 N–H and O–H groups in total. The number of fused-ring (bicyclic) bond motifs is 1. The van der Waals surface area contributed by atoms with Crippen LogP contribution < -0.4 is 5.73 Å². The maximum atomic E-state index is 6.06. The van der Waals surface area contributed by atoms with Gasteiger partial charge in [-0.05, 0) is 49.8 Å². The average Bonchev–Trinajstić information content (AvgIpc) is 2.68. The van der Waals surface area contributed by atoms with Crippen molar-refractivity contribution in [1.82, 2.24) is 9.88 Å². The Hall–Kier alpha value is -1.45. The predicted molar refractivity (Wildman–Crippen MR) is 83.5 cm³/mol. The van der Waals surface area contributed by atoms with E-state index in [0.29, 0.717) is 12.0 Å². The van der Waals surface area contributed by atoms with Crippen molar-refractivity contribution in [3.05, 3.63) is 42.2 Å². The number of rotatable bonds is 2. The number of hydrogen-bond donors (Lipinski definition) is 1. The number of pyridine rings is 1. The average molecular weight is 269 g/mol. The van der Waals surface area contributed by atoms with Crippen LogP contribution in [0, 0.1) is 5.92 Å². The second-order valence-electron chi connectivity index (χ2n) is 5.87. The molecule has 1 saturated heterocycles. The monoisotopic (exact) mass is 269 g/mol. The van der Waals surface area contributed by atoms with Gasteiger partial charge < -0.3 is 5.73 Å². The Morgan fingerprint density at radius 2 is 2.10 bits per heavy atom. The van der Waals surface area contributed by atoms with Gasteiger partial charge in [-0.15, -0.1) is 0 Å². The van der Waals surface area contributed by atoms with Gasteiger partial charge in [0.1, 0.15) is 0 Å². The summed E-state index contributed by atoms with van der Waals surface area (Å²) in [7, 11) is 2.22. The third-order valence-corrected chi connectivity index (χ3v) is 4.58. The van der Waals surface area contributed by atoms with Gasteiger partial charge in [-0.25, -0.2) is 0 Å². The van der Waals surface area contributed by atoms with Gasteiger partial charge in [0, 0.05) is 23.8 Å². The Labute approximate surface area is 120 Å². The van der Waals surface area contributed by atoms with Crippen LogP contribution in [0.5, 0.6) is 0 Å². The lowest BCUT2D eigenvalue weighted by atomic mass is 9.88. The fraction of sp³-hybridized carbons (Fsp3) is 0.471. The molecule has 0 saturated carbocycles. The van der Waals surface area contributed by atoms with Crippen LogP contribution in [0.4, 0.5) is 0 Å². The molecule has 3 rings (SSSR count). The van der Waals surface area contributed by atoms with Gasteiger partial charge in [-0.3, -0.25) is 9.88 Å². The lowest BCUT2D eigenvalue weighted by Crippen LogP contribution is -2.33. The maximum absolute atomic E-state index is 6.06. The third-order valence-electron chi connectivity index (χ3n) is 4.58. The molecule has 0 aliphatic carbocycles. The summed E-state index contributed by atoms with van der Waals surface area (Å²) < 4.78 is 0. The second-order valence-corrected chi connectivity index (χ2v) is 5.87. The number of nitrogens with zero attached hydrogens (tertiary/aromatic N) is 2. The van der Waals surface area contributed by atoms with Gasteiger partial charge in [0.15, 0.2) is 0 Å². The zero-order valence-corrected chi connectivity index (χ0v) is 12.1. The minimum absolute atomic E-state index is 0.390. The molecule has 1 aliphatic rings. The summed E-state index contributed by atoms with van der Waals surface area (Å²) in [4.78, 5) is 6.92. The number of benzene rings is 1. The van der Waals surface area contributed by atoms with Crippen molar-refractivity contribution < 1.29 is 0 Å². The maximum Gasteiger partial charge on any atom is 0.0406 e. The first-order valence-electron chi connectivity index (χ1n) is 7.54. The van der Waals surface area contributed by atoms with Crippen LogP contribution in [0.2, 0.25) is 0 Å². The molecule has 20 heavy (non-hydrogen) atoms. The third kappa shape index (κ3) is 2.43. The van der Waals surface area contributed by atoms with Crippen molar-refractivity contribution in [2.24, 2.45) is 11.7 Å². The normalized spacial score (nSPS) is 24.7. The highest BCUT2D eigenvalue weighted by Crippen LogP contribution is 2.36. The molecule has 3 heteroatoms. The van der Waals surface area contributed by atoms with Crippen molar-refractivity contribution in [3.63, 3.8) is 0 Å². The highest BCUT2D eigenvalue weighted by atomic mass is 15.1. The summed E-state index contributed by atoms with van der Waals surface area (Å²) in [5.41, 5.74) is 7.40. The van der Waals surface area contributed by atoms with E-state index in [1.54, 1.807) is 0 Å². The minimum Gasteiger partial charge on any atom is -0.330 e. The summed E-state index contributed by atoms with van der Waals surface area (Å²) in [6, 6.07) is 8.92. The number of hydrogen-bond acceptors (Lipinski definition) is 3. The molecule has 2 aromatic rings. The second kappa shape index (κ2) is 5.90. The quantitative estimate of drug-likeness (QED) is 0.911. The Bertz CT molecular complexity index is 576. The van der Waals surface area contributed by atoms with E-state index in [9.17, 15) is 0 Å². The number of likely N-dealkylation sites (tertiary alicyclic amines) is 1. The van der Waals surface area contributed by atoms with E-state index in [-0.39, 0.29) is 0 Å². The molecule has 0 spiro atoms. The van der Waals surface area contributed by atoms with Crippen LogP contribution in [0.3, 0.4) is 0 Å². The zero-order valence-electron chi connectivity index (χ0n) is 12.1. The fourth-order valence-corrected chi connectivity index (χ4v) is 3.54. The van der Waals surface area contributed by atoms with Gasteiger partial charge in [0.25, 0.3) is 0 Å². The van der Waals surface area contributed by atoms with E-state index in [4.69, 9.17) is 5.73 Å². The van der Waals surface area contributed by atoms with Crippen molar-refractivity contribution in [2.45, 2.75) is 25.3 Å². The summed E-state index contributed by atoms with van der Waals surface area (Å²) >= 11 is 0. The van der Waals surface area contributed by atoms with Gasteiger partial charge in [0.2, 0.25) is 0 Å². The lowest BCUT2D eigenvalue weighted by molar-refractivity contribution is 0.197. The molecule has 3 nitrogen and oxygen atoms in total. The van der Waals surface area contributed by atoms with Crippen LogP contribution in [0.25, 0.3) is 10.8 Å². The van der Waals surface area contributed by atoms with Crippen LogP contribution in [-0.2, 0) is 0 Å². The van der Waals surface area contributed by atoms with Gasteiger partial charge >= 0.3 is 0 Å². The fourth-order valence-electron chi connectivity index (χ4n) is 3.54. The number of nitrogens with two attached hydrogens (primary N) is 1. The molecule has 1 aliphatic heterocycles. The van der Waals surface area contributed by atoms with Crippen molar-refractivity contribution in [2.75, 3.05) is 20.1 Å². The zero-order chi connectivity index (χ0) is 13.9. The Kier molecular flexibility index (Phi) is 3.99. The molecule has 1 aromatic heterocycles. The van der Waals surface area contributed by atoms with Crippen LogP contribution >= 0.6 is 0 Å². The molecule has 1 fully saturated rings. The molecule has 0 amide bonds. The van der Waals surface area contributed by atoms with Crippen LogP contribution in [0.1, 0.15) is 30.9 Å².